The molecule has 0 atom stereocenters. The van der Waals surface area contributed by atoms with Gasteiger partial charge in [0.05, 0.1) is 6.20 Å². The van der Waals surface area contributed by atoms with Gasteiger partial charge in [-0.3, -0.25) is 9.88 Å². The molecule has 1 saturated heterocycles. The third kappa shape index (κ3) is 3.44. The van der Waals surface area contributed by atoms with Crippen LogP contribution in [0.1, 0.15) is 32.1 Å². The van der Waals surface area contributed by atoms with Crippen molar-refractivity contribution in [3.63, 3.8) is 0 Å². The molecule has 3 rings (SSSR count). The lowest BCUT2D eigenvalue weighted by atomic mass is 9.89. The fourth-order valence-electron chi connectivity index (χ4n) is 3.35. The molecule has 2 fully saturated rings. The van der Waals surface area contributed by atoms with Crippen molar-refractivity contribution in [3.05, 3.63) is 18.6 Å². The largest absolute Gasteiger partial charge is 0.353 e. The molecule has 2 heterocycles. The van der Waals surface area contributed by atoms with E-state index in [1.165, 1.54) is 51.7 Å². The van der Waals surface area contributed by atoms with Crippen molar-refractivity contribution in [2.24, 2.45) is 5.92 Å². The van der Waals surface area contributed by atoms with Crippen LogP contribution < -0.4 is 4.90 Å². The zero-order chi connectivity index (χ0) is 12.9. The van der Waals surface area contributed by atoms with Crippen LogP contribution >= 0.6 is 0 Å². The lowest BCUT2D eigenvalue weighted by Crippen LogP contribution is -2.48. The molecule has 0 spiro atoms. The van der Waals surface area contributed by atoms with Crippen LogP contribution in [-0.4, -0.2) is 47.6 Å². The molecule has 1 aliphatic carbocycles. The smallest absolute Gasteiger partial charge is 0.147 e. The maximum absolute atomic E-state index is 4.39. The summed E-state index contributed by atoms with van der Waals surface area (Å²) < 4.78 is 0. The van der Waals surface area contributed by atoms with E-state index in [1.54, 1.807) is 12.4 Å². The third-order valence-electron chi connectivity index (χ3n) is 4.49. The van der Waals surface area contributed by atoms with Gasteiger partial charge < -0.3 is 4.90 Å². The summed E-state index contributed by atoms with van der Waals surface area (Å²) in [6.07, 6.45) is 12.6. The Balaban J connectivity index is 1.46. The number of nitrogens with zero attached hydrogens (tertiary/aromatic N) is 4. The summed E-state index contributed by atoms with van der Waals surface area (Å²) in [4.78, 5) is 13.5. The third-order valence-corrected chi connectivity index (χ3v) is 4.49. The molecule has 0 radical (unpaired) electrons. The molecule has 0 amide bonds. The van der Waals surface area contributed by atoms with Crippen molar-refractivity contribution in [2.75, 3.05) is 37.6 Å². The summed E-state index contributed by atoms with van der Waals surface area (Å²) in [6.45, 7) is 5.84. The molecule has 1 aliphatic heterocycles. The summed E-state index contributed by atoms with van der Waals surface area (Å²) >= 11 is 0. The van der Waals surface area contributed by atoms with Gasteiger partial charge in [-0.05, 0) is 18.8 Å². The van der Waals surface area contributed by atoms with E-state index in [1.807, 2.05) is 6.20 Å². The van der Waals surface area contributed by atoms with Crippen LogP contribution in [0.15, 0.2) is 18.6 Å². The highest BCUT2D eigenvalue weighted by Crippen LogP contribution is 2.25. The SMILES string of the molecule is c1cnc(N2CCN(CC3CCCCC3)CC2)cn1. The van der Waals surface area contributed by atoms with E-state index < -0.39 is 0 Å². The summed E-state index contributed by atoms with van der Waals surface area (Å²) in [7, 11) is 0. The second-order valence-electron chi connectivity index (χ2n) is 5.86. The molecule has 0 N–H and O–H groups in total. The molecule has 4 nitrogen and oxygen atoms in total. The average Bonchev–Trinajstić information content (AvgIpc) is 2.50. The second kappa shape index (κ2) is 6.33. The fourth-order valence-corrected chi connectivity index (χ4v) is 3.35. The Kier molecular flexibility index (Phi) is 4.28. The summed E-state index contributed by atoms with van der Waals surface area (Å²) in [6, 6.07) is 0. The number of aromatic nitrogens is 2. The normalized spacial score (nSPS) is 22.6. The van der Waals surface area contributed by atoms with Gasteiger partial charge in [0.25, 0.3) is 0 Å². The van der Waals surface area contributed by atoms with Gasteiger partial charge in [-0.1, -0.05) is 19.3 Å². The van der Waals surface area contributed by atoms with Crippen molar-refractivity contribution in [1.82, 2.24) is 14.9 Å². The summed E-state index contributed by atoms with van der Waals surface area (Å²) in [5.41, 5.74) is 0. The minimum Gasteiger partial charge on any atom is -0.353 e. The maximum Gasteiger partial charge on any atom is 0.147 e. The molecule has 1 saturated carbocycles. The first-order valence-electron chi connectivity index (χ1n) is 7.65. The van der Waals surface area contributed by atoms with Crippen LogP contribution in [0.2, 0.25) is 0 Å². The van der Waals surface area contributed by atoms with E-state index >= 15 is 0 Å². The second-order valence-corrected chi connectivity index (χ2v) is 5.86. The van der Waals surface area contributed by atoms with Crippen molar-refractivity contribution in [3.8, 4) is 0 Å². The predicted molar refractivity (Wildman–Crippen MR) is 77.3 cm³/mol. The highest BCUT2D eigenvalue weighted by Gasteiger charge is 2.21. The Labute approximate surface area is 115 Å². The van der Waals surface area contributed by atoms with Crippen molar-refractivity contribution >= 4 is 5.82 Å². The average molecular weight is 260 g/mol. The number of hydrogen-bond acceptors (Lipinski definition) is 4. The van der Waals surface area contributed by atoms with Crippen LogP contribution in [0, 0.1) is 5.92 Å². The van der Waals surface area contributed by atoms with Crippen LogP contribution in [-0.2, 0) is 0 Å². The van der Waals surface area contributed by atoms with E-state index in [-0.39, 0.29) is 0 Å². The van der Waals surface area contributed by atoms with Crippen molar-refractivity contribution in [2.45, 2.75) is 32.1 Å². The quantitative estimate of drug-likeness (QED) is 0.834. The van der Waals surface area contributed by atoms with E-state index in [0.29, 0.717) is 0 Å². The minimum atomic E-state index is 0.955. The molecule has 104 valence electrons. The number of piperazine rings is 1. The lowest BCUT2D eigenvalue weighted by molar-refractivity contribution is 0.191. The zero-order valence-corrected chi connectivity index (χ0v) is 11.7. The van der Waals surface area contributed by atoms with E-state index in [4.69, 9.17) is 0 Å². The molecular formula is C15H24N4. The number of hydrogen-bond donors (Lipinski definition) is 0. The zero-order valence-electron chi connectivity index (χ0n) is 11.7. The Morgan fingerprint density at radius 2 is 1.79 bits per heavy atom. The molecule has 0 bridgehead atoms. The molecule has 0 unspecified atom stereocenters. The van der Waals surface area contributed by atoms with Gasteiger partial charge in [0.1, 0.15) is 5.82 Å². The van der Waals surface area contributed by atoms with E-state index in [2.05, 4.69) is 19.8 Å². The van der Waals surface area contributed by atoms with Gasteiger partial charge in [-0.2, -0.15) is 0 Å². The van der Waals surface area contributed by atoms with E-state index in [9.17, 15) is 0 Å². The van der Waals surface area contributed by atoms with Crippen LogP contribution in [0.5, 0.6) is 0 Å². The highest BCUT2D eigenvalue weighted by atomic mass is 15.3. The molecule has 1 aromatic heterocycles. The first-order valence-corrected chi connectivity index (χ1v) is 7.65. The Morgan fingerprint density at radius 3 is 2.47 bits per heavy atom. The fraction of sp³-hybridized carbons (Fsp3) is 0.733. The van der Waals surface area contributed by atoms with E-state index in [0.717, 1.165) is 24.8 Å². The predicted octanol–water partition coefficient (Wildman–Crippen LogP) is 2.18. The number of anilines is 1. The lowest BCUT2D eigenvalue weighted by Gasteiger charge is -2.37. The van der Waals surface area contributed by atoms with Gasteiger partial charge in [-0.15, -0.1) is 0 Å². The van der Waals surface area contributed by atoms with Gasteiger partial charge in [0.2, 0.25) is 0 Å². The highest BCUT2D eigenvalue weighted by molar-refractivity contribution is 5.35. The van der Waals surface area contributed by atoms with Crippen molar-refractivity contribution < 1.29 is 0 Å². The molecule has 0 aromatic carbocycles. The van der Waals surface area contributed by atoms with Crippen LogP contribution in [0.25, 0.3) is 0 Å². The molecular weight excluding hydrogens is 236 g/mol. The Hall–Kier alpha value is -1.16. The first-order chi connectivity index (χ1) is 9.42. The number of rotatable bonds is 3. The molecule has 4 heteroatoms. The molecule has 2 aliphatic rings. The minimum absolute atomic E-state index is 0.955. The standard InChI is InChI=1S/C15H24N4/c1-2-4-14(5-3-1)13-18-8-10-19(11-9-18)15-12-16-6-7-17-15/h6-7,12,14H,1-5,8-11,13H2. The monoisotopic (exact) mass is 260 g/mol. The van der Waals surface area contributed by atoms with Gasteiger partial charge in [-0.25, -0.2) is 4.98 Å². The maximum atomic E-state index is 4.39. The van der Waals surface area contributed by atoms with Gasteiger partial charge >= 0.3 is 0 Å². The Morgan fingerprint density at radius 1 is 1.00 bits per heavy atom. The summed E-state index contributed by atoms with van der Waals surface area (Å²) in [5.74, 6) is 1.98. The topological polar surface area (TPSA) is 32.3 Å². The molecule has 1 aromatic rings. The Bertz CT molecular complexity index is 367. The molecule has 19 heavy (non-hydrogen) atoms. The summed E-state index contributed by atoms with van der Waals surface area (Å²) in [5, 5.41) is 0. The first kappa shape index (κ1) is 12.9. The van der Waals surface area contributed by atoms with Gasteiger partial charge in [0.15, 0.2) is 0 Å². The van der Waals surface area contributed by atoms with Crippen LogP contribution in [0.4, 0.5) is 5.82 Å². The van der Waals surface area contributed by atoms with Gasteiger partial charge in [0, 0.05) is 45.1 Å². The van der Waals surface area contributed by atoms with Crippen LogP contribution in [0.3, 0.4) is 0 Å². The van der Waals surface area contributed by atoms with Crippen molar-refractivity contribution in [1.29, 1.82) is 0 Å².